The maximum absolute atomic E-state index is 14.0. The Morgan fingerprint density at radius 2 is 1.18 bits per heavy atom. The molecule has 0 aromatic heterocycles. The Morgan fingerprint density at radius 3 is 1.45 bits per heavy atom. The van der Waals surface area contributed by atoms with Crippen molar-refractivity contribution < 1.29 is 18.6 Å². The Balaban J connectivity index is 3.03. The number of para-hydroxylation sites is 2. The van der Waals surface area contributed by atoms with Crippen LogP contribution in [0.3, 0.4) is 0 Å². The summed E-state index contributed by atoms with van der Waals surface area (Å²) in [6.45, 7) is 0. The maximum atomic E-state index is 14.0. The molecule has 12 heteroatoms. The number of nitrogens with zero attached hydrogens (tertiary/aromatic N) is 2. The molecule has 0 saturated heterocycles. The molecule has 0 spiro atoms. The van der Waals surface area contributed by atoms with Crippen molar-refractivity contribution in [3.63, 3.8) is 0 Å². The van der Waals surface area contributed by atoms with Crippen molar-refractivity contribution in [2.75, 3.05) is 10.2 Å². The van der Waals surface area contributed by atoms with Gasteiger partial charge in [0, 0.05) is 0 Å². The summed E-state index contributed by atoms with van der Waals surface area (Å²) in [5.41, 5.74) is -1.02. The molecule has 0 fully saturated rings. The van der Waals surface area contributed by atoms with Gasteiger partial charge in [-0.3, -0.25) is 9.59 Å². The van der Waals surface area contributed by atoms with Gasteiger partial charge in [-0.05, 0) is 35.7 Å². The lowest BCUT2D eigenvalue weighted by Gasteiger charge is -2.19. The Hall–Kier alpha value is -0.120. The number of carbonyl (C=O) groups excluding carboxylic acids is 2. The van der Waals surface area contributed by atoms with Gasteiger partial charge in [-0.1, -0.05) is 67.5 Å². The van der Waals surface area contributed by atoms with Gasteiger partial charge in [0.05, 0.1) is 0 Å². The van der Waals surface area contributed by atoms with Crippen LogP contribution in [-0.4, -0.2) is 18.8 Å². The van der Waals surface area contributed by atoms with Gasteiger partial charge in [0.1, 0.15) is 11.4 Å². The molecule has 1 aromatic carbocycles. The number of hydrogen-bond donors (Lipinski definition) is 0. The molecule has 0 atom stereocenters. The van der Waals surface area contributed by atoms with Crippen molar-refractivity contribution >= 4 is 91.8 Å². The second-order valence-corrected chi connectivity index (χ2v) is 8.68. The highest BCUT2D eigenvalue weighted by Crippen LogP contribution is 2.36. The van der Waals surface area contributed by atoms with Crippen LogP contribution in [-0.2, 0) is 0 Å². The fraction of sp³-hybridized carbons (Fsp3) is 0.200. The second-order valence-electron chi connectivity index (χ2n) is 3.34. The summed E-state index contributed by atoms with van der Waals surface area (Å²) in [5, 5.41) is -3.10. The average molecular weight is 430 g/mol. The molecule has 122 valence electrons. The quantitative estimate of drug-likeness (QED) is 0.416. The molecule has 0 unspecified atom stereocenters. The van der Waals surface area contributed by atoms with Crippen molar-refractivity contribution in [3.05, 3.63) is 24.3 Å². The molecular formula is C10H6Cl4F2N2O2S2. The number of thioether (sulfide) groups is 2. The lowest BCUT2D eigenvalue weighted by Crippen LogP contribution is -2.23. The van der Waals surface area contributed by atoms with E-state index in [1.54, 1.807) is 0 Å². The first-order chi connectivity index (χ1) is 10.2. The van der Waals surface area contributed by atoms with Crippen molar-refractivity contribution in [2.24, 2.45) is 0 Å². The minimum atomic E-state index is -1.20. The Morgan fingerprint density at radius 1 is 0.864 bits per heavy atom. The monoisotopic (exact) mass is 428 g/mol. The molecule has 0 bridgehead atoms. The number of benzene rings is 1. The van der Waals surface area contributed by atoms with E-state index >= 15 is 0 Å². The molecule has 0 aliphatic rings. The zero-order valence-corrected chi connectivity index (χ0v) is 14.9. The van der Waals surface area contributed by atoms with Gasteiger partial charge < -0.3 is 0 Å². The van der Waals surface area contributed by atoms with E-state index in [9.17, 15) is 18.6 Å². The number of carbonyl (C=O) groups is 2. The molecule has 22 heavy (non-hydrogen) atoms. The molecule has 2 amide bonds. The van der Waals surface area contributed by atoms with Crippen LogP contribution in [0.15, 0.2) is 24.3 Å². The summed E-state index contributed by atoms with van der Waals surface area (Å²) in [6.07, 6.45) is 0. The SMILES string of the molecule is O=C(SC(Cl)Cl)N(F)c1ccccc1N(F)C(=O)SC(Cl)Cl. The molecule has 0 radical (unpaired) electrons. The van der Waals surface area contributed by atoms with Crippen LogP contribution in [0, 0.1) is 0 Å². The van der Waals surface area contributed by atoms with E-state index in [0.717, 1.165) is 12.1 Å². The summed E-state index contributed by atoms with van der Waals surface area (Å²) in [4.78, 5) is 23.1. The molecule has 0 N–H and O–H groups in total. The van der Waals surface area contributed by atoms with Crippen LogP contribution in [0.25, 0.3) is 0 Å². The molecule has 0 aliphatic carbocycles. The molecule has 0 saturated carbocycles. The van der Waals surface area contributed by atoms with E-state index in [1.165, 1.54) is 12.1 Å². The maximum Gasteiger partial charge on any atom is 0.316 e. The minimum absolute atomic E-state index is 0.266. The summed E-state index contributed by atoms with van der Waals surface area (Å²) >= 11 is 22.0. The van der Waals surface area contributed by atoms with Gasteiger partial charge in [0.15, 0.2) is 8.34 Å². The van der Waals surface area contributed by atoms with Crippen LogP contribution >= 0.6 is 69.9 Å². The van der Waals surface area contributed by atoms with E-state index in [1.807, 2.05) is 0 Å². The first-order valence-electron chi connectivity index (χ1n) is 5.22. The number of hydrogen-bond acceptors (Lipinski definition) is 4. The topological polar surface area (TPSA) is 40.6 Å². The molecule has 0 aliphatic heterocycles. The number of rotatable bonds is 4. The van der Waals surface area contributed by atoms with Gasteiger partial charge in [0.25, 0.3) is 0 Å². The van der Waals surface area contributed by atoms with Crippen LogP contribution < -0.4 is 10.2 Å². The highest BCUT2D eigenvalue weighted by molar-refractivity contribution is 8.16. The Kier molecular flexibility index (Phi) is 8.37. The largest absolute Gasteiger partial charge is 0.316 e. The highest BCUT2D eigenvalue weighted by Gasteiger charge is 2.27. The van der Waals surface area contributed by atoms with E-state index < -0.39 is 30.2 Å². The van der Waals surface area contributed by atoms with E-state index in [2.05, 4.69) is 0 Å². The third-order valence-corrected chi connectivity index (χ3v) is 4.15. The van der Waals surface area contributed by atoms with Crippen molar-refractivity contribution in [2.45, 2.75) is 8.34 Å². The van der Waals surface area contributed by atoms with Crippen LogP contribution in [0.1, 0.15) is 0 Å². The minimum Gasteiger partial charge on any atom is -0.259 e. The zero-order valence-electron chi connectivity index (χ0n) is 10.3. The fourth-order valence-electron chi connectivity index (χ4n) is 1.24. The third kappa shape index (κ3) is 5.82. The van der Waals surface area contributed by atoms with Gasteiger partial charge in [0.2, 0.25) is 0 Å². The third-order valence-electron chi connectivity index (χ3n) is 2.01. The summed E-state index contributed by atoms with van der Waals surface area (Å²) in [5.74, 6) is 0. The average Bonchev–Trinajstić information content (AvgIpc) is 2.44. The van der Waals surface area contributed by atoms with E-state index in [4.69, 9.17) is 46.4 Å². The Bertz CT molecular complexity index is 506. The smallest absolute Gasteiger partial charge is 0.259 e. The van der Waals surface area contributed by atoms with Crippen LogP contribution in [0.5, 0.6) is 0 Å². The van der Waals surface area contributed by atoms with E-state index in [0.29, 0.717) is 0 Å². The van der Waals surface area contributed by atoms with Crippen LogP contribution in [0.4, 0.5) is 29.9 Å². The fourth-order valence-corrected chi connectivity index (χ4v) is 2.84. The Labute approximate surface area is 152 Å². The molecule has 1 aromatic rings. The molecule has 4 nitrogen and oxygen atoms in total. The van der Waals surface area contributed by atoms with E-state index in [-0.39, 0.29) is 33.8 Å². The number of alkyl halides is 4. The summed E-state index contributed by atoms with van der Waals surface area (Å²) in [6, 6.07) is 4.88. The van der Waals surface area contributed by atoms with Gasteiger partial charge in [-0.15, -0.1) is 10.2 Å². The lowest BCUT2D eigenvalue weighted by molar-refractivity contribution is 0.251. The van der Waals surface area contributed by atoms with Gasteiger partial charge >= 0.3 is 10.5 Å². The second kappa shape index (κ2) is 9.24. The lowest BCUT2D eigenvalue weighted by atomic mass is 10.2. The normalized spacial score (nSPS) is 10.9. The van der Waals surface area contributed by atoms with Gasteiger partial charge in [-0.2, -0.15) is 0 Å². The van der Waals surface area contributed by atoms with Gasteiger partial charge in [-0.25, -0.2) is 0 Å². The van der Waals surface area contributed by atoms with Crippen LogP contribution in [0.2, 0.25) is 0 Å². The zero-order chi connectivity index (χ0) is 16.9. The number of amides is 2. The predicted molar refractivity (Wildman–Crippen MR) is 90.6 cm³/mol. The standard InChI is InChI=1S/C10H6Cl4F2N2O2S2/c11-7(12)21-9(19)17(15)5-3-1-2-4-6(5)18(16)10(20)22-8(13)14/h1-4,7-8H. The van der Waals surface area contributed by atoms with Crippen molar-refractivity contribution in [1.82, 2.24) is 0 Å². The van der Waals surface area contributed by atoms with Crippen molar-refractivity contribution in [1.29, 1.82) is 0 Å². The summed E-state index contributed by atoms with van der Waals surface area (Å²) < 4.78 is 25.6. The number of halogens is 6. The molecular weight excluding hydrogens is 424 g/mol. The van der Waals surface area contributed by atoms with Crippen molar-refractivity contribution in [3.8, 4) is 0 Å². The highest BCUT2D eigenvalue weighted by atomic mass is 35.5. The first-order valence-corrected chi connectivity index (χ1v) is 8.73. The number of anilines is 2. The first kappa shape index (κ1) is 19.9. The summed E-state index contributed by atoms with van der Waals surface area (Å²) in [7, 11) is 0. The molecule has 1 rings (SSSR count). The predicted octanol–water partition coefficient (Wildman–Crippen LogP) is 6.30. The molecule has 0 heterocycles.